The van der Waals surface area contributed by atoms with Crippen LogP contribution in [0, 0.1) is 0 Å². The molecule has 0 aliphatic carbocycles. The molecule has 4 aliphatic heterocycles. The van der Waals surface area contributed by atoms with Crippen LogP contribution >= 0.6 is 0 Å². The van der Waals surface area contributed by atoms with Gasteiger partial charge in [0.15, 0.2) is 11.6 Å². The zero-order valence-corrected chi connectivity index (χ0v) is 38.7. The predicted octanol–water partition coefficient (Wildman–Crippen LogP) is 8.98. The molecule has 4 aromatic heterocycles. The van der Waals surface area contributed by atoms with Crippen molar-refractivity contribution < 1.29 is 9.53 Å². The number of hydrogen-bond acceptors (Lipinski definition) is 13. The van der Waals surface area contributed by atoms with E-state index in [-0.39, 0.29) is 12.1 Å². The van der Waals surface area contributed by atoms with E-state index >= 15 is 0 Å². The number of para-hydroxylation sites is 4. The van der Waals surface area contributed by atoms with Crippen molar-refractivity contribution in [1.29, 1.82) is 0 Å². The number of piperidine rings is 2. The molecule has 10 rings (SSSR count). The standard InChI is InChI=1S/C27H35N7O2.C22H27N7/c1-27(2,3)36-26(35)33-13-10-20(11-14-33)34-15-12-24(30-34)29-25-16-23-19(17-28-25)18-31(4)21-8-6-7-9-22(21)32(23)5;1-27-15-16-14-24-22(13-20(16)28(2)19-6-4-3-5-18(19)27)25-21-9-12-29(26-21)17-7-10-23-11-8-17/h6-9,12,15-17,20H,10-11,13-14,18H2,1-5H3,(H,28,29,30);3-6,9,12-14,17,23H,7-8,10-11,15H2,1-2H3,(H,24,25,26). The van der Waals surface area contributed by atoms with Crippen molar-refractivity contribution in [3.05, 3.63) is 109 Å². The quantitative estimate of drug-likeness (QED) is 0.147. The first-order valence-electron chi connectivity index (χ1n) is 22.8. The Morgan fingerprint density at radius 3 is 1.52 bits per heavy atom. The van der Waals surface area contributed by atoms with Crippen molar-refractivity contribution in [2.24, 2.45) is 0 Å². The Kier molecular flexibility index (Phi) is 12.3. The lowest BCUT2D eigenvalue weighted by molar-refractivity contribution is 0.0185. The summed E-state index contributed by atoms with van der Waals surface area (Å²) in [4.78, 5) is 32.5. The fourth-order valence-corrected chi connectivity index (χ4v) is 9.22. The van der Waals surface area contributed by atoms with Gasteiger partial charge in [0.2, 0.25) is 0 Å². The highest BCUT2D eigenvalue weighted by atomic mass is 16.6. The van der Waals surface area contributed by atoms with Gasteiger partial charge in [0, 0.05) is 115 Å². The van der Waals surface area contributed by atoms with Crippen molar-refractivity contribution in [2.45, 2.75) is 77.2 Å². The van der Waals surface area contributed by atoms with E-state index in [2.05, 4.69) is 145 Å². The molecular weight excluding hydrogens is 817 g/mol. The first-order valence-corrected chi connectivity index (χ1v) is 22.8. The molecule has 1 amide bonds. The third kappa shape index (κ3) is 9.67. The summed E-state index contributed by atoms with van der Waals surface area (Å²) < 4.78 is 9.59. The molecule has 2 saturated heterocycles. The zero-order valence-electron chi connectivity index (χ0n) is 38.7. The summed E-state index contributed by atoms with van der Waals surface area (Å²) in [5.41, 5.74) is 8.97. The molecule has 3 N–H and O–H groups in total. The molecule has 340 valence electrons. The number of carbonyl (C=O) groups excluding carboxylic acids is 1. The summed E-state index contributed by atoms with van der Waals surface area (Å²) in [5, 5.41) is 19.7. The molecule has 2 fully saturated rings. The monoisotopic (exact) mass is 879 g/mol. The van der Waals surface area contributed by atoms with E-state index in [0.717, 1.165) is 92.2 Å². The van der Waals surface area contributed by atoms with E-state index in [9.17, 15) is 4.79 Å². The first kappa shape index (κ1) is 43.4. The summed E-state index contributed by atoms with van der Waals surface area (Å²) in [6, 6.07) is 25.9. The Hall–Kier alpha value is -6.81. The topological polar surface area (TPSA) is 140 Å². The van der Waals surface area contributed by atoms with E-state index in [0.29, 0.717) is 19.1 Å². The van der Waals surface area contributed by atoms with Crippen LogP contribution in [-0.4, -0.2) is 100 Å². The Bertz CT molecular complexity index is 2600. The minimum Gasteiger partial charge on any atom is -0.444 e. The summed E-state index contributed by atoms with van der Waals surface area (Å²) in [7, 11) is 8.45. The van der Waals surface area contributed by atoms with Gasteiger partial charge in [0.1, 0.15) is 17.2 Å². The number of benzene rings is 2. The highest BCUT2D eigenvalue weighted by molar-refractivity contribution is 5.82. The van der Waals surface area contributed by atoms with Crippen LogP contribution in [0.1, 0.15) is 69.7 Å². The molecule has 65 heavy (non-hydrogen) atoms. The van der Waals surface area contributed by atoms with Crippen LogP contribution in [0.3, 0.4) is 0 Å². The second-order valence-corrected chi connectivity index (χ2v) is 18.5. The van der Waals surface area contributed by atoms with Gasteiger partial charge >= 0.3 is 6.09 Å². The average Bonchev–Trinajstić information content (AvgIpc) is 3.95. The van der Waals surface area contributed by atoms with Crippen LogP contribution in [-0.2, 0) is 17.8 Å². The Morgan fingerprint density at radius 2 is 1.06 bits per heavy atom. The lowest BCUT2D eigenvalue weighted by atomic mass is 10.1. The van der Waals surface area contributed by atoms with Gasteiger partial charge in [-0.05, 0) is 83.8 Å². The number of rotatable bonds is 6. The van der Waals surface area contributed by atoms with Gasteiger partial charge < -0.3 is 45.2 Å². The largest absolute Gasteiger partial charge is 0.444 e. The lowest BCUT2D eigenvalue weighted by Crippen LogP contribution is -2.42. The lowest BCUT2D eigenvalue weighted by Gasteiger charge is -2.33. The minimum atomic E-state index is -0.478. The number of likely N-dealkylation sites (tertiary alicyclic amines) is 1. The number of nitrogens with zero attached hydrogens (tertiary/aromatic N) is 11. The Morgan fingerprint density at radius 1 is 0.615 bits per heavy atom. The van der Waals surface area contributed by atoms with Gasteiger partial charge in [0.05, 0.1) is 46.2 Å². The zero-order chi connectivity index (χ0) is 45.2. The summed E-state index contributed by atoms with van der Waals surface area (Å²) in [6.45, 7) is 10.7. The Balaban J connectivity index is 0.000000168. The van der Waals surface area contributed by atoms with Gasteiger partial charge in [-0.3, -0.25) is 9.36 Å². The Labute approximate surface area is 382 Å². The fourth-order valence-electron chi connectivity index (χ4n) is 9.22. The minimum absolute atomic E-state index is 0.239. The van der Waals surface area contributed by atoms with Crippen molar-refractivity contribution in [3.8, 4) is 0 Å². The molecule has 0 unspecified atom stereocenters. The number of anilines is 10. The van der Waals surface area contributed by atoms with Gasteiger partial charge in [-0.1, -0.05) is 24.3 Å². The van der Waals surface area contributed by atoms with Crippen LogP contribution in [0.5, 0.6) is 0 Å². The number of pyridine rings is 2. The van der Waals surface area contributed by atoms with E-state index in [4.69, 9.17) is 14.9 Å². The SMILES string of the molecule is CN1Cc2cnc(Nc3ccn(C4CCN(C(=O)OC(C)(C)C)CC4)n3)cc2N(C)c2ccccc21.CN1Cc2cnc(Nc3ccn(C4CCNCC4)n3)cc2N(C)c2ccccc21. The van der Waals surface area contributed by atoms with E-state index in [1.807, 2.05) is 56.2 Å². The van der Waals surface area contributed by atoms with Gasteiger partial charge in [-0.15, -0.1) is 0 Å². The van der Waals surface area contributed by atoms with Crippen LogP contribution in [0.2, 0.25) is 0 Å². The highest BCUT2D eigenvalue weighted by Crippen LogP contribution is 2.41. The van der Waals surface area contributed by atoms with Crippen molar-refractivity contribution in [2.75, 3.05) is 84.6 Å². The third-order valence-electron chi connectivity index (χ3n) is 12.7. The number of nitrogens with one attached hydrogen (secondary N) is 3. The second-order valence-electron chi connectivity index (χ2n) is 18.5. The number of ether oxygens (including phenoxy) is 1. The molecule has 0 atom stereocenters. The van der Waals surface area contributed by atoms with Crippen molar-refractivity contribution >= 4 is 63.5 Å². The average molecular weight is 879 g/mol. The van der Waals surface area contributed by atoms with E-state index < -0.39 is 5.60 Å². The van der Waals surface area contributed by atoms with Gasteiger partial charge in [0.25, 0.3) is 0 Å². The second kappa shape index (κ2) is 18.4. The number of amides is 1. The van der Waals surface area contributed by atoms with Gasteiger partial charge in [-0.25, -0.2) is 14.8 Å². The molecule has 0 saturated carbocycles. The molecule has 0 spiro atoms. The van der Waals surface area contributed by atoms with Crippen molar-refractivity contribution in [1.82, 2.24) is 39.7 Å². The van der Waals surface area contributed by atoms with Gasteiger partial charge in [-0.2, -0.15) is 10.2 Å². The molecular formula is C49H62N14O2. The summed E-state index contributed by atoms with van der Waals surface area (Å²) in [6.07, 6.45) is 11.7. The van der Waals surface area contributed by atoms with Crippen LogP contribution < -0.4 is 35.6 Å². The number of hydrogen-bond donors (Lipinski definition) is 3. The molecule has 8 heterocycles. The maximum atomic E-state index is 12.4. The fraction of sp³-hybridized carbons (Fsp3) is 0.408. The molecule has 0 bridgehead atoms. The van der Waals surface area contributed by atoms with E-state index in [1.165, 1.54) is 28.2 Å². The smallest absolute Gasteiger partial charge is 0.410 e. The normalized spacial score (nSPS) is 16.6. The van der Waals surface area contributed by atoms with Crippen LogP contribution in [0.25, 0.3) is 0 Å². The summed E-state index contributed by atoms with van der Waals surface area (Å²) in [5.74, 6) is 3.16. The molecule has 0 radical (unpaired) electrons. The third-order valence-corrected chi connectivity index (χ3v) is 12.7. The van der Waals surface area contributed by atoms with Crippen LogP contribution in [0.15, 0.2) is 97.6 Å². The maximum Gasteiger partial charge on any atom is 0.410 e. The van der Waals surface area contributed by atoms with Crippen molar-refractivity contribution in [3.63, 3.8) is 0 Å². The predicted molar refractivity (Wildman–Crippen MR) is 260 cm³/mol. The first-order chi connectivity index (χ1) is 31.4. The molecule has 6 aromatic rings. The number of carbonyl (C=O) groups is 1. The molecule has 4 aliphatic rings. The molecule has 2 aromatic carbocycles. The van der Waals surface area contributed by atoms with Crippen LogP contribution in [0.4, 0.5) is 62.2 Å². The summed E-state index contributed by atoms with van der Waals surface area (Å²) >= 11 is 0. The number of fused-ring (bicyclic) bond motifs is 4. The molecule has 16 nitrogen and oxygen atoms in total. The van der Waals surface area contributed by atoms with E-state index in [1.54, 1.807) is 4.90 Å². The highest BCUT2D eigenvalue weighted by Gasteiger charge is 2.29. The molecule has 16 heteroatoms. The maximum absolute atomic E-state index is 12.4. The number of aromatic nitrogens is 6.